The van der Waals surface area contributed by atoms with Gasteiger partial charge in [0.05, 0.1) is 25.4 Å². The quantitative estimate of drug-likeness (QED) is 0.0492. The lowest BCUT2D eigenvalue weighted by molar-refractivity contribution is 0.0368. The van der Waals surface area contributed by atoms with Crippen molar-refractivity contribution in [3.63, 3.8) is 0 Å². The molecule has 0 heterocycles. The van der Waals surface area contributed by atoms with Crippen LogP contribution >= 0.6 is 8.60 Å². The Morgan fingerprint density at radius 2 is 0.750 bits per heavy atom. The zero-order valence-corrected chi connectivity index (χ0v) is 36.0. The van der Waals surface area contributed by atoms with Gasteiger partial charge in [-0.3, -0.25) is 0 Å². The Kier molecular flexibility index (Phi) is 37.9. The number of hydrogen-bond donors (Lipinski definition) is 0. The lowest BCUT2D eigenvalue weighted by atomic mass is 10.1. The smallest absolute Gasteiger partial charge is 0.397 e. The molecule has 0 radical (unpaired) electrons. The lowest BCUT2D eigenvalue weighted by Gasteiger charge is -2.18. The summed E-state index contributed by atoms with van der Waals surface area (Å²) in [5.74, 6) is 0.816. The molecule has 0 bridgehead atoms. The third-order valence-corrected chi connectivity index (χ3v) is 11.2. The molecule has 52 heavy (non-hydrogen) atoms. The van der Waals surface area contributed by atoms with E-state index < -0.39 is 8.60 Å². The maximum absolute atomic E-state index is 6.31. The van der Waals surface area contributed by atoms with Crippen molar-refractivity contribution in [2.24, 2.45) is 0 Å². The zero-order chi connectivity index (χ0) is 37.4. The Labute approximate surface area is 325 Å². The molecule has 0 saturated heterocycles. The first-order valence-electron chi connectivity index (χ1n) is 22.8. The number of ether oxygens (including phenoxy) is 2. The van der Waals surface area contributed by atoms with E-state index in [9.17, 15) is 0 Å². The van der Waals surface area contributed by atoms with Crippen molar-refractivity contribution in [2.45, 2.75) is 233 Å². The predicted octanol–water partition coefficient (Wildman–Crippen LogP) is 15.9. The molecule has 0 amide bonds. The van der Waals surface area contributed by atoms with Crippen molar-refractivity contribution in [2.75, 3.05) is 26.4 Å². The second kappa shape index (κ2) is 40.0. The average molecular weight is 751 g/mol. The van der Waals surface area contributed by atoms with E-state index in [1.54, 1.807) is 0 Å². The number of unbranched alkanes of at least 4 members (excludes halogenated alkanes) is 20. The van der Waals surface area contributed by atoms with Crippen LogP contribution in [0.15, 0.2) is 30.3 Å². The second-order valence-corrected chi connectivity index (χ2v) is 16.4. The lowest BCUT2D eigenvalue weighted by Crippen LogP contribution is -2.13. The molecule has 5 nitrogen and oxygen atoms in total. The van der Waals surface area contributed by atoms with E-state index in [1.165, 1.54) is 180 Å². The Bertz CT molecular complexity index is 765. The number of benzene rings is 1. The summed E-state index contributed by atoms with van der Waals surface area (Å²) in [5, 5.41) is 0. The van der Waals surface area contributed by atoms with Gasteiger partial charge in [-0.1, -0.05) is 187 Å². The van der Waals surface area contributed by atoms with Gasteiger partial charge in [-0.2, -0.15) is 0 Å². The van der Waals surface area contributed by atoms with Crippen LogP contribution in [0, 0.1) is 0 Å². The summed E-state index contributed by atoms with van der Waals surface area (Å²) in [4.78, 5) is 0. The fraction of sp³-hybridized carbons (Fsp3) is 0.870. The highest BCUT2D eigenvalue weighted by atomic mass is 31.2. The van der Waals surface area contributed by atoms with E-state index in [4.69, 9.17) is 23.0 Å². The molecule has 0 spiro atoms. The van der Waals surface area contributed by atoms with Crippen molar-refractivity contribution in [3.8, 4) is 5.75 Å². The fourth-order valence-electron chi connectivity index (χ4n) is 6.83. The first-order valence-corrected chi connectivity index (χ1v) is 23.8. The molecule has 0 saturated carbocycles. The average Bonchev–Trinajstić information content (AvgIpc) is 3.15. The van der Waals surface area contributed by atoms with Crippen molar-refractivity contribution >= 4 is 8.60 Å². The fourth-order valence-corrected chi connectivity index (χ4v) is 7.86. The van der Waals surface area contributed by atoms with Crippen LogP contribution in [-0.2, 0) is 18.5 Å². The van der Waals surface area contributed by atoms with E-state index >= 15 is 0 Å². The van der Waals surface area contributed by atoms with Crippen LogP contribution in [0.4, 0.5) is 0 Å². The standard InChI is InChI=1S/C46H87O5P/c1-5-9-11-13-15-17-21-30-40-47-44(34-7-3)36-26-19-23-32-42-49-52(51-46-38-28-25-29-39-46)50-43-33-24-20-27-37-45(35-8-4)48-41-31-22-18-16-14-12-10-6-2/h25,28-29,38-39,44-45H,5-24,26-27,30-37,40-43H2,1-4H3. The van der Waals surface area contributed by atoms with Gasteiger partial charge in [0.15, 0.2) is 0 Å². The number of rotatable bonds is 42. The molecule has 1 aromatic rings. The second-order valence-electron chi connectivity index (χ2n) is 15.2. The number of hydrogen-bond acceptors (Lipinski definition) is 5. The molecule has 2 atom stereocenters. The third kappa shape index (κ3) is 32.7. The highest BCUT2D eigenvalue weighted by Crippen LogP contribution is 2.41. The molecule has 1 rings (SSSR count). The minimum Gasteiger partial charge on any atom is -0.427 e. The summed E-state index contributed by atoms with van der Waals surface area (Å²) in [7, 11) is -1.39. The van der Waals surface area contributed by atoms with Crippen LogP contribution in [0.25, 0.3) is 0 Å². The summed E-state index contributed by atoms with van der Waals surface area (Å²) in [6.45, 7) is 12.4. The Morgan fingerprint density at radius 1 is 0.385 bits per heavy atom. The van der Waals surface area contributed by atoms with Crippen LogP contribution in [-0.4, -0.2) is 38.6 Å². The van der Waals surface area contributed by atoms with Gasteiger partial charge in [-0.25, -0.2) is 0 Å². The first-order chi connectivity index (χ1) is 25.7. The van der Waals surface area contributed by atoms with Gasteiger partial charge in [0.2, 0.25) is 0 Å². The molecular formula is C46H87O5P. The molecule has 0 aromatic heterocycles. The van der Waals surface area contributed by atoms with E-state index in [1.807, 2.05) is 30.3 Å². The predicted molar refractivity (Wildman–Crippen MR) is 227 cm³/mol. The molecule has 0 fully saturated rings. The number of para-hydroxylation sites is 1. The van der Waals surface area contributed by atoms with E-state index in [-0.39, 0.29) is 0 Å². The van der Waals surface area contributed by atoms with Crippen molar-refractivity contribution in [3.05, 3.63) is 30.3 Å². The summed E-state index contributed by atoms with van der Waals surface area (Å²) in [6.07, 6.45) is 39.0. The normalized spacial score (nSPS) is 13.4. The summed E-state index contributed by atoms with van der Waals surface area (Å²) in [6, 6.07) is 9.97. The van der Waals surface area contributed by atoms with Gasteiger partial charge >= 0.3 is 8.60 Å². The maximum Gasteiger partial charge on any atom is 0.397 e. The minimum absolute atomic E-state index is 0.432. The molecule has 0 aliphatic rings. The largest absolute Gasteiger partial charge is 0.427 e. The Morgan fingerprint density at radius 3 is 1.15 bits per heavy atom. The molecule has 2 unspecified atom stereocenters. The van der Waals surface area contributed by atoms with Gasteiger partial charge in [0.25, 0.3) is 0 Å². The van der Waals surface area contributed by atoms with E-state index in [0.29, 0.717) is 25.4 Å². The van der Waals surface area contributed by atoms with Gasteiger partial charge < -0.3 is 23.0 Å². The van der Waals surface area contributed by atoms with Crippen molar-refractivity contribution in [1.29, 1.82) is 0 Å². The highest BCUT2D eigenvalue weighted by Gasteiger charge is 2.15. The molecule has 1 aromatic carbocycles. The Balaban J connectivity index is 2.19. The molecular weight excluding hydrogens is 663 g/mol. The van der Waals surface area contributed by atoms with Crippen molar-refractivity contribution in [1.82, 2.24) is 0 Å². The maximum atomic E-state index is 6.31. The molecule has 0 N–H and O–H groups in total. The molecule has 0 aliphatic carbocycles. The van der Waals surface area contributed by atoms with E-state index in [0.717, 1.165) is 31.8 Å². The molecule has 6 heteroatoms. The molecule has 0 aliphatic heterocycles. The van der Waals surface area contributed by atoms with Crippen LogP contribution in [0.2, 0.25) is 0 Å². The van der Waals surface area contributed by atoms with E-state index in [2.05, 4.69) is 27.7 Å². The highest BCUT2D eigenvalue weighted by molar-refractivity contribution is 7.42. The summed E-state index contributed by atoms with van der Waals surface area (Å²) < 4.78 is 31.1. The monoisotopic (exact) mass is 751 g/mol. The van der Waals surface area contributed by atoms with Crippen molar-refractivity contribution < 1.29 is 23.0 Å². The van der Waals surface area contributed by atoms with Crippen LogP contribution in [0.3, 0.4) is 0 Å². The first kappa shape index (κ1) is 49.3. The Hall–Kier alpha value is -0.710. The topological polar surface area (TPSA) is 46.2 Å². The van der Waals surface area contributed by atoms with Crippen LogP contribution in [0.5, 0.6) is 5.75 Å². The zero-order valence-electron chi connectivity index (χ0n) is 35.1. The van der Waals surface area contributed by atoms with Crippen LogP contribution in [0.1, 0.15) is 220 Å². The summed E-state index contributed by atoms with van der Waals surface area (Å²) >= 11 is 0. The summed E-state index contributed by atoms with van der Waals surface area (Å²) in [5.41, 5.74) is 0. The van der Waals surface area contributed by atoms with Gasteiger partial charge in [0, 0.05) is 13.2 Å². The van der Waals surface area contributed by atoms with Gasteiger partial charge in [-0.05, 0) is 63.5 Å². The minimum atomic E-state index is -1.39. The SMILES string of the molecule is CCCCCCCCCCOC(CCC)CCCCCCOP(OCCCCCCC(CCC)OCCCCCCCCCC)Oc1ccccc1. The van der Waals surface area contributed by atoms with Gasteiger partial charge in [0.1, 0.15) is 5.75 Å². The third-order valence-electron chi connectivity index (χ3n) is 10.1. The van der Waals surface area contributed by atoms with Crippen LogP contribution < -0.4 is 4.52 Å². The van der Waals surface area contributed by atoms with Gasteiger partial charge in [-0.15, -0.1) is 0 Å². The molecule has 306 valence electrons.